The van der Waals surface area contributed by atoms with Crippen LogP contribution in [0.15, 0.2) is 66.7 Å². The van der Waals surface area contributed by atoms with Gasteiger partial charge in [0.25, 0.3) is 5.91 Å². The lowest BCUT2D eigenvalue weighted by Gasteiger charge is -2.43. The van der Waals surface area contributed by atoms with Crippen molar-refractivity contribution in [2.45, 2.75) is 31.3 Å². The molecule has 2 aliphatic rings. The number of carbonyl (C=O) groups excluding carboxylic acids is 2. The smallest absolute Gasteiger partial charge is 0.252 e. The van der Waals surface area contributed by atoms with Crippen molar-refractivity contribution in [3.63, 3.8) is 0 Å². The maximum atomic E-state index is 13.8. The third-order valence-corrected chi connectivity index (χ3v) is 7.08. The van der Waals surface area contributed by atoms with E-state index in [0.717, 1.165) is 29.5 Å². The SMILES string of the molecule is C[C@@H](CN1CCC2(CC1)C(=O)NCN2c1cccc(F)c1)NC(=O)c1cccc2ccccc12. The van der Waals surface area contributed by atoms with E-state index >= 15 is 0 Å². The van der Waals surface area contributed by atoms with Gasteiger partial charge in [0.1, 0.15) is 11.4 Å². The number of nitrogens with one attached hydrogen (secondary N) is 2. The minimum Gasteiger partial charge on any atom is -0.348 e. The number of piperidine rings is 1. The average Bonchev–Trinajstić information content (AvgIpc) is 3.15. The summed E-state index contributed by atoms with van der Waals surface area (Å²) in [6.45, 7) is 4.56. The first kappa shape index (κ1) is 22.3. The van der Waals surface area contributed by atoms with Gasteiger partial charge in [-0.2, -0.15) is 0 Å². The van der Waals surface area contributed by atoms with E-state index in [2.05, 4.69) is 15.5 Å². The van der Waals surface area contributed by atoms with Crippen LogP contribution in [0, 0.1) is 5.82 Å². The number of anilines is 1. The summed E-state index contributed by atoms with van der Waals surface area (Å²) in [6, 6.07) is 20.0. The first-order valence-corrected chi connectivity index (χ1v) is 11.8. The van der Waals surface area contributed by atoms with Gasteiger partial charge in [-0.3, -0.25) is 9.59 Å². The maximum Gasteiger partial charge on any atom is 0.252 e. The van der Waals surface area contributed by atoms with Gasteiger partial charge in [0.2, 0.25) is 5.91 Å². The molecule has 0 saturated carbocycles. The molecule has 2 fully saturated rings. The van der Waals surface area contributed by atoms with Gasteiger partial charge >= 0.3 is 0 Å². The molecule has 3 aromatic carbocycles. The van der Waals surface area contributed by atoms with E-state index in [-0.39, 0.29) is 23.7 Å². The second kappa shape index (κ2) is 9.06. The highest BCUT2D eigenvalue weighted by atomic mass is 19.1. The lowest BCUT2D eigenvalue weighted by atomic mass is 9.85. The Hall–Kier alpha value is -3.45. The molecular formula is C27H29FN4O2. The van der Waals surface area contributed by atoms with E-state index in [9.17, 15) is 14.0 Å². The van der Waals surface area contributed by atoms with Crippen LogP contribution in [0.2, 0.25) is 0 Å². The summed E-state index contributed by atoms with van der Waals surface area (Å²) >= 11 is 0. The van der Waals surface area contributed by atoms with E-state index in [1.807, 2.05) is 60.4 Å². The highest BCUT2D eigenvalue weighted by Crippen LogP contribution is 2.36. The molecule has 0 unspecified atom stereocenters. The summed E-state index contributed by atoms with van der Waals surface area (Å²) in [5.41, 5.74) is 0.748. The van der Waals surface area contributed by atoms with E-state index in [1.165, 1.54) is 12.1 Å². The number of halogens is 1. The van der Waals surface area contributed by atoms with Crippen LogP contribution < -0.4 is 15.5 Å². The van der Waals surface area contributed by atoms with Gasteiger partial charge in [0.05, 0.1) is 6.67 Å². The van der Waals surface area contributed by atoms with E-state index in [4.69, 9.17) is 0 Å². The van der Waals surface area contributed by atoms with Crippen LogP contribution in [0.1, 0.15) is 30.1 Å². The Morgan fingerprint density at radius 2 is 1.82 bits per heavy atom. The van der Waals surface area contributed by atoms with Crippen LogP contribution >= 0.6 is 0 Å². The fraction of sp³-hybridized carbons (Fsp3) is 0.333. The zero-order valence-electron chi connectivity index (χ0n) is 19.3. The van der Waals surface area contributed by atoms with Gasteiger partial charge < -0.3 is 20.4 Å². The van der Waals surface area contributed by atoms with Gasteiger partial charge in [-0.15, -0.1) is 0 Å². The summed E-state index contributed by atoms with van der Waals surface area (Å²) < 4.78 is 13.8. The number of benzene rings is 3. The molecule has 7 heteroatoms. The zero-order valence-corrected chi connectivity index (χ0v) is 19.3. The number of rotatable bonds is 5. The maximum absolute atomic E-state index is 13.8. The molecule has 1 spiro atoms. The van der Waals surface area contributed by atoms with Crippen LogP contribution in [0.5, 0.6) is 0 Å². The number of hydrogen-bond donors (Lipinski definition) is 2. The molecule has 5 rings (SSSR count). The fourth-order valence-corrected chi connectivity index (χ4v) is 5.33. The number of hydrogen-bond acceptors (Lipinski definition) is 4. The molecule has 2 aliphatic heterocycles. The quantitative estimate of drug-likeness (QED) is 0.612. The van der Waals surface area contributed by atoms with Crippen molar-refractivity contribution in [3.8, 4) is 0 Å². The van der Waals surface area contributed by atoms with Crippen molar-refractivity contribution in [2.75, 3.05) is 31.2 Å². The summed E-state index contributed by atoms with van der Waals surface area (Å²) in [7, 11) is 0. The third kappa shape index (κ3) is 4.12. The summed E-state index contributed by atoms with van der Waals surface area (Å²) in [6.07, 6.45) is 1.30. The van der Waals surface area contributed by atoms with E-state index in [0.29, 0.717) is 31.6 Å². The summed E-state index contributed by atoms with van der Waals surface area (Å²) in [5, 5.41) is 8.07. The molecule has 1 atom stereocenters. The molecule has 0 radical (unpaired) electrons. The van der Waals surface area contributed by atoms with Crippen molar-refractivity contribution in [1.82, 2.24) is 15.5 Å². The molecular weight excluding hydrogens is 431 g/mol. The van der Waals surface area contributed by atoms with Gasteiger partial charge in [-0.25, -0.2) is 4.39 Å². The minimum atomic E-state index is -0.653. The molecule has 2 N–H and O–H groups in total. The molecule has 6 nitrogen and oxygen atoms in total. The predicted octanol–water partition coefficient (Wildman–Crippen LogP) is 3.53. The molecule has 176 valence electrons. The van der Waals surface area contributed by atoms with Gasteiger partial charge in [-0.05, 0) is 54.8 Å². The number of likely N-dealkylation sites (tertiary alicyclic amines) is 1. The average molecular weight is 461 g/mol. The van der Waals surface area contributed by atoms with Crippen molar-refractivity contribution in [3.05, 3.63) is 78.1 Å². The molecule has 3 aromatic rings. The number of nitrogens with zero attached hydrogens (tertiary/aromatic N) is 2. The highest BCUT2D eigenvalue weighted by Gasteiger charge is 2.50. The van der Waals surface area contributed by atoms with Crippen molar-refractivity contribution in [1.29, 1.82) is 0 Å². The predicted molar refractivity (Wildman–Crippen MR) is 131 cm³/mol. The highest BCUT2D eigenvalue weighted by molar-refractivity contribution is 6.07. The van der Waals surface area contributed by atoms with Crippen molar-refractivity contribution < 1.29 is 14.0 Å². The lowest BCUT2D eigenvalue weighted by Crippen LogP contribution is -2.57. The van der Waals surface area contributed by atoms with Crippen LogP contribution in [0.4, 0.5) is 10.1 Å². The monoisotopic (exact) mass is 460 g/mol. The third-order valence-electron chi connectivity index (χ3n) is 7.08. The summed E-state index contributed by atoms with van der Waals surface area (Å²) in [5.74, 6) is -0.376. The Morgan fingerprint density at radius 3 is 2.62 bits per heavy atom. The minimum absolute atomic E-state index is 0.00807. The molecule has 2 saturated heterocycles. The van der Waals surface area contributed by atoms with Crippen molar-refractivity contribution in [2.24, 2.45) is 0 Å². The van der Waals surface area contributed by atoms with Gasteiger partial charge in [0, 0.05) is 36.9 Å². The van der Waals surface area contributed by atoms with E-state index < -0.39 is 5.54 Å². The number of carbonyl (C=O) groups is 2. The Morgan fingerprint density at radius 1 is 1.09 bits per heavy atom. The second-order valence-corrected chi connectivity index (χ2v) is 9.31. The largest absolute Gasteiger partial charge is 0.348 e. The van der Waals surface area contributed by atoms with Crippen LogP contribution in [0.25, 0.3) is 10.8 Å². The molecule has 34 heavy (non-hydrogen) atoms. The standard InChI is InChI=1S/C27H29FN4O2/c1-19(30-25(33)24-11-4-7-20-6-2-3-10-23(20)24)17-31-14-12-27(13-15-31)26(34)29-18-32(27)22-9-5-8-21(28)16-22/h2-11,16,19H,12-15,17-18H2,1H3,(H,29,34)(H,30,33)/t19-/m0/s1. The topological polar surface area (TPSA) is 64.7 Å². The fourth-order valence-electron chi connectivity index (χ4n) is 5.33. The normalized spacial score (nSPS) is 18.8. The Labute approximate surface area is 198 Å². The summed E-state index contributed by atoms with van der Waals surface area (Å²) in [4.78, 5) is 30.1. The first-order valence-electron chi connectivity index (χ1n) is 11.8. The number of amides is 2. The molecule has 2 amide bonds. The van der Waals surface area contributed by atoms with Crippen LogP contribution in [-0.2, 0) is 4.79 Å². The lowest BCUT2D eigenvalue weighted by molar-refractivity contribution is -0.125. The zero-order chi connectivity index (χ0) is 23.7. The second-order valence-electron chi connectivity index (χ2n) is 9.31. The molecule has 2 heterocycles. The number of fused-ring (bicyclic) bond motifs is 1. The van der Waals surface area contributed by atoms with Crippen LogP contribution in [0.3, 0.4) is 0 Å². The van der Waals surface area contributed by atoms with E-state index in [1.54, 1.807) is 6.07 Å². The molecule has 0 aliphatic carbocycles. The van der Waals surface area contributed by atoms with Gasteiger partial charge in [0.15, 0.2) is 0 Å². The van der Waals surface area contributed by atoms with Gasteiger partial charge in [-0.1, -0.05) is 42.5 Å². The molecule has 0 bridgehead atoms. The Bertz CT molecular complexity index is 1220. The first-order chi connectivity index (χ1) is 16.5. The van der Waals surface area contributed by atoms with Crippen LogP contribution in [-0.4, -0.2) is 54.6 Å². The Balaban J connectivity index is 1.22. The molecule has 0 aromatic heterocycles. The Kier molecular flexibility index (Phi) is 5.96. The van der Waals surface area contributed by atoms with Crippen molar-refractivity contribution >= 4 is 28.3 Å².